The predicted octanol–water partition coefficient (Wildman–Crippen LogP) is 0.182. The first kappa shape index (κ1) is 7.21. The van der Waals surface area contributed by atoms with E-state index in [4.69, 9.17) is 0 Å². The van der Waals surface area contributed by atoms with Crippen LogP contribution in [-0.4, -0.2) is 24.3 Å². The van der Waals surface area contributed by atoms with Crippen molar-refractivity contribution in [3.63, 3.8) is 0 Å². The van der Waals surface area contributed by atoms with Gasteiger partial charge < -0.3 is 15.5 Å². The van der Waals surface area contributed by atoms with E-state index in [0.717, 1.165) is 11.5 Å². The minimum absolute atomic E-state index is 0.311. The maximum Gasteiger partial charge on any atom is 0.126 e. The Morgan fingerprint density at radius 2 is 2.50 bits per heavy atom. The molecule has 0 aliphatic carbocycles. The highest BCUT2D eigenvalue weighted by molar-refractivity contribution is 5.81. The Bertz CT molecular complexity index is 277. The van der Waals surface area contributed by atoms with E-state index >= 15 is 0 Å². The zero-order chi connectivity index (χ0) is 8.55. The molecule has 2 rings (SSSR count). The zero-order valence-corrected chi connectivity index (χ0v) is 7.20. The summed E-state index contributed by atoms with van der Waals surface area (Å²) in [6, 6.07) is 0. The fourth-order valence-corrected chi connectivity index (χ4v) is 1.45. The number of aliphatic imine (C=N–C) groups is 1. The molecular formula is C8H12N4. The van der Waals surface area contributed by atoms with E-state index in [0.29, 0.717) is 6.17 Å². The van der Waals surface area contributed by atoms with Gasteiger partial charge in [-0.15, -0.1) is 0 Å². The van der Waals surface area contributed by atoms with Crippen molar-refractivity contribution >= 4 is 6.21 Å². The molecule has 2 aliphatic heterocycles. The second-order valence-corrected chi connectivity index (χ2v) is 2.81. The van der Waals surface area contributed by atoms with E-state index in [2.05, 4.69) is 27.4 Å². The van der Waals surface area contributed by atoms with Crippen molar-refractivity contribution in [1.82, 2.24) is 15.5 Å². The Kier molecular flexibility index (Phi) is 1.53. The number of fused-ring (bicyclic) bond motifs is 1. The van der Waals surface area contributed by atoms with E-state index < -0.39 is 0 Å². The van der Waals surface area contributed by atoms with Crippen LogP contribution in [0.15, 0.2) is 28.9 Å². The summed E-state index contributed by atoms with van der Waals surface area (Å²) in [5, 5.41) is 6.39. The van der Waals surface area contributed by atoms with Crippen LogP contribution >= 0.6 is 0 Å². The molecule has 0 radical (unpaired) electrons. The molecule has 2 N–H and O–H groups in total. The Balaban J connectivity index is 2.35. The quantitative estimate of drug-likeness (QED) is 0.581. The van der Waals surface area contributed by atoms with Crippen LogP contribution in [0, 0.1) is 0 Å². The minimum atomic E-state index is 0.311. The van der Waals surface area contributed by atoms with E-state index in [1.165, 1.54) is 0 Å². The summed E-state index contributed by atoms with van der Waals surface area (Å²) < 4.78 is 0. The molecule has 0 saturated heterocycles. The van der Waals surface area contributed by atoms with Gasteiger partial charge in [0.15, 0.2) is 0 Å². The SMILES string of the molecule is CNC1=C2C=NC=CN2C(C)N1. The van der Waals surface area contributed by atoms with Gasteiger partial charge in [-0.1, -0.05) is 0 Å². The Hall–Kier alpha value is -1.45. The van der Waals surface area contributed by atoms with Crippen LogP contribution in [0.3, 0.4) is 0 Å². The molecule has 2 aliphatic rings. The van der Waals surface area contributed by atoms with Crippen molar-refractivity contribution in [1.29, 1.82) is 0 Å². The molecule has 2 heterocycles. The van der Waals surface area contributed by atoms with Gasteiger partial charge in [-0.25, -0.2) is 0 Å². The monoisotopic (exact) mass is 164 g/mol. The first-order valence-corrected chi connectivity index (χ1v) is 3.99. The highest BCUT2D eigenvalue weighted by Crippen LogP contribution is 2.19. The van der Waals surface area contributed by atoms with E-state index in [9.17, 15) is 0 Å². The summed E-state index contributed by atoms with van der Waals surface area (Å²) in [7, 11) is 1.90. The van der Waals surface area contributed by atoms with Gasteiger partial charge in [0, 0.05) is 19.4 Å². The summed E-state index contributed by atoms with van der Waals surface area (Å²) in [4.78, 5) is 6.21. The molecule has 4 nitrogen and oxygen atoms in total. The van der Waals surface area contributed by atoms with Crippen molar-refractivity contribution in [2.45, 2.75) is 13.1 Å². The second kappa shape index (κ2) is 2.55. The highest BCUT2D eigenvalue weighted by atomic mass is 15.4. The summed E-state index contributed by atoms with van der Waals surface area (Å²) in [5.41, 5.74) is 1.10. The van der Waals surface area contributed by atoms with Crippen LogP contribution < -0.4 is 10.6 Å². The average Bonchev–Trinajstić information content (AvgIpc) is 2.44. The van der Waals surface area contributed by atoms with Gasteiger partial charge in [0.1, 0.15) is 17.7 Å². The zero-order valence-electron chi connectivity index (χ0n) is 7.20. The molecule has 0 aromatic rings. The largest absolute Gasteiger partial charge is 0.373 e. The maximum absolute atomic E-state index is 4.07. The van der Waals surface area contributed by atoms with Crippen LogP contribution in [-0.2, 0) is 0 Å². The van der Waals surface area contributed by atoms with Crippen molar-refractivity contribution in [3.8, 4) is 0 Å². The molecule has 0 fully saturated rings. The lowest BCUT2D eigenvalue weighted by molar-refractivity contribution is 0.377. The van der Waals surface area contributed by atoms with Crippen molar-refractivity contribution in [2.75, 3.05) is 7.05 Å². The van der Waals surface area contributed by atoms with E-state index in [1.807, 2.05) is 19.5 Å². The van der Waals surface area contributed by atoms with Crippen molar-refractivity contribution in [2.24, 2.45) is 4.99 Å². The number of nitrogens with zero attached hydrogens (tertiary/aromatic N) is 2. The molecule has 0 spiro atoms. The second-order valence-electron chi connectivity index (χ2n) is 2.81. The average molecular weight is 164 g/mol. The Morgan fingerprint density at radius 3 is 3.25 bits per heavy atom. The number of hydrogen-bond donors (Lipinski definition) is 2. The van der Waals surface area contributed by atoms with Gasteiger partial charge in [-0.05, 0) is 6.92 Å². The predicted molar refractivity (Wildman–Crippen MR) is 48.2 cm³/mol. The number of allylic oxidation sites excluding steroid dienone is 1. The van der Waals surface area contributed by atoms with Gasteiger partial charge in [0.2, 0.25) is 0 Å². The molecule has 12 heavy (non-hydrogen) atoms. The molecule has 1 atom stereocenters. The molecule has 0 amide bonds. The first-order valence-electron chi connectivity index (χ1n) is 3.99. The third-order valence-corrected chi connectivity index (χ3v) is 2.06. The van der Waals surface area contributed by atoms with Gasteiger partial charge in [-0.3, -0.25) is 4.99 Å². The Morgan fingerprint density at radius 1 is 1.67 bits per heavy atom. The van der Waals surface area contributed by atoms with E-state index in [1.54, 1.807) is 6.20 Å². The van der Waals surface area contributed by atoms with Crippen LogP contribution in [0.5, 0.6) is 0 Å². The molecule has 0 saturated carbocycles. The lowest BCUT2D eigenvalue weighted by Gasteiger charge is -2.21. The molecule has 0 aromatic carbocycles. The van der Waals surface area contributed by atoms with Crippen LogP contribution in [0.4, 0.5) is 0 Å². The first-order chi connectivity index (χ1) is 5.83. The van der Waals surface area contributed by atoms with Gasteiger partial charge in [0.05, 0.1) is 6.21 Å². The van der Waals surface area contributed by atoms with Gasteiger partial charge >= 0.3 is 0 Å². The van der Waals surface area contributed by atoms with E-state index in [-0.39, 0.29) is 0 Å². The summed E-state index contributed by atoms with van der Waals surface area (Å²) >= 11 is 0. The van der Waals surface area contributed by atoms with Crippen LogP contribution in [0.2, 0.25) is 0 Å². The molecular weight excluding hydrogens is 152 g/mol. The Labute approximate surface area is 71.7 Å². The fraction of sp³-hybridized carbons (Fsp3) is 0.375. The topological polar surface area (TPSA) is 39.7 Å². The smallest absolute Gasteiger partial charge is 0.126 e. The molecule has 0 bridgehead atoms. The number of rotatable bonds is 1. The standard InChI is InChI=1S/C8H12N4/c1-6-11-8(9-2)7-5-10-3-4-12(6)7/h3-6,9,11H,1-2H3. The maximum atomic E-state index is 4.07. The lowest BCUT2D eigenvalue weighted by atomic mass is 10.4. The number of hydrogen-bond acceptors (Lipinski definition) is 4. The third kappa shape index (κ3) is 0.879. The van der Waals surface area contributed by atoms with Crippen molar-refractivity contribution in [3.05, 3.63) is 23.9 Å². The van der Waals surface area contributed by atoms with Crippen LogP contribution in [0.25, 0.3) is 0 Å². The summed E-state index contributed by atoms with van der Waals surface area (Å²) in [5.74, 6) is 1.04. The van der Waals surface area contributed by atoms with Crippen molar-refractivity contribution < 1.29 is 0 Å². The van der Waals surface area contributed by atoms with Gasteiger partial charge in [-0.2, -0.15) is 0 Å². The molecule has 1 unspecified atom stereocenters. The summed E-state index contributed by atoms with van der Waals surface area (Å²) in [6.45, 7) is 2.10. The highest BCUT2D eigenvalue weighted by Gasteiger charge is 2.25. The molecule has 0 aromatic heterocycles. The van der Waals surface area contributed by atoms with Crippen LogP contribution in [0.1, 0.15) is 6.92 Å². The fourth-order valence-electron chi connectivity index (χ4n) is 1.45. The lowest BCUT2D eigenvalue weighted by Crippen LogP contribution is -2.32. The number of nitrogens with one attached hydrogen (secondary N) is 2. The van der Waals surface area contributed by atoms with Gasteiger partial charge in [0.25, 0.3) is 0 Å². The third-order valence-electron chi connectivity index (χ3n) is 2.06. The normalized spacial score (nSPS) is 25.8. The molecule has 64 valence electrons. The summed E-state index contributed by atoms with van der Waals surface area (Å²) in [6.07, 6.45) is 5.92. The molecule has 4 heteroatoms. The minimum Gasteiger partial charge on any atom is -0.373 e.